The van der Waals surface area contributed by atoms with Crippen LogP contribution >= 0.6 is 0 Å². The molecular formula is C20H19F3N4O3S. The van der Waals surface area contributed by atoms with E-state index < -0.39 is 33.4 Å². The van der Waals surface area contributed by atoms with E-state index in [1.54, 1.807) is 19.9 Å². The van der Waals surface area contributed by atoms with E-state index in [9.17, 15) is 26.4 Å². The topological polar surface area (TPSA) is 93.1 Å². The standard InChI is InChI=1S/C20H19F3N4O3S/c1-13(2)26-31(29,30)16-7-4-14(5-8-16)19(28)25-18-9-6-15(27-11-3-10-24-27)12-17(18)20(21,22)23/h3-13,26H,1-2H3,(H,25,28). The zero-order valence-electron chi connectivity index (χ0n) is 16.5. The maximum atomic E-state index is 13.6. The predicted molar refractivity (Wildman–Crippen MR) is 108 cm³/mol. The van der Waals surface area contributed by atoms with Crippen molar-refractivity contribution < 1.29 is 26.4 Å². The quantitative estimate of drug-likeness (QED) is 0.595. The lowest BCUT2D eigenvalue weighted by molar-refractivity contribution is -0.136. The molecule has 31 heavy (non-hydrogen) atoms. The summed E-state index contributed by atoms with van der Waals surface area (Å²) in [6, 6.07) is 9.56. The summed E-state index contributed by atoms with van der Waals surface area (Å²) in [7, 11) is -3.75. The molecule has 7 nitrogen and oxygen atoms in total. The first-order valence-corrected chi connectivity index (χ1v) is 10.6. The van der Waals surface area contributed by atoms with E-state index >= 15 is 0 Å². The Balaban J connectivity index is 1.86. The molecule has 0 spiro atoms. The van der Waals surface area contributed by atoms with Crippen molar-refractivity contribution in [3.63, 3.8) is 0 Å². The van der Waals surface area contributed by atoms with Gasteiger partial charge in [-0.2, -0.15) is 18.3 Å². The van der Waals surface area contributed by atoms with Crippen LogP contribution in [0.4, 0.5) is 18.9 Å². The molecule has 0 aliphatic carbocycles. The average molecular weight is 452 g/mol. The molecule has 2 N–H and O–H groups in total. The molecule has 0 saturated carbocycles. The van der Waals surface area contributed by atoms with Crippen LogP contribution in [0.3, 0.4) is 0 Å². The number of nitrogens with one attached hydrogen (secondary N) is 2. The largest absolute Gasteiger partial charge is 0.418 e. The molecule has 0 bridgehead atoms. The van der Waals surface area contributed by atoms with E-state index in [2.05, 4.69) is 15.1 Å². The SMILES string of the molecule is CC(C)NS(=O)(=O)c1ccc(C(=O)Nc2ccc(-n3cccn3)cc2C(F)(F)F)cc1. The molecule has 0 unspecified atom stereocenters. The third-order valence-electron chi connectivity index (χ3n) is 4.14. The summed E-state index contributed by atoms with van der Waals surface area (Å²) in [6.07, 6.45) is -1.78. The van der Waals surface area contributed by atoms with Gasteiger partial charge in [-0.1, -0.05) is 0 Å². The van der Waals surface area contributed by atoms with Gasteiger partial charge in [-0.25, -0.2) is 17.8 Å². The second kappa shape index (κ2) is 8.52. The van der Waals surface area contributed by atoms with Crippen molar-refractivity contribution in [3.05, 3.63) is 72.1 Å². The van der Waals surface area contributed by atoms with Crippen molar-refractivity contribution in [1.82, 2.24) is 14.5 Å². The number of benzene rings is 2. The smallest absolute Gasteiger partial charge is 0.321 e. The number of hydrogen-bond acceptors (Lipinski definition) is 4. The van der Waals surface area contributed by atoms with Gasteiger partial charge in [0, 0.05) is 24.0 Å². The van der Waals surface area contributed by atoms with Crippen LogP contribution in [0.15, 0.2) is 65.8 Å². The first-order chi connectivity index (χ1) is 14.5. The lowest BCUT2D eigenvalue weighted by Crippen LogP contribution is -2.30. The molecule has 1 heterocycles. The van der Waals surface area contributed by atoms with Gasteiger partial charge in [-0.15, -0.1) is 0 Å². The lowest BCUT2D eigenvalue weighted by Gasteiger charge is -2.16. The van der Waals surface area contributed by atoms with Crippen molar-refractivity contribution in [1.29, 1.82) is 0 Å². The molecule has 1 amide bonds. The number of alkyl halides is 3. The fourth-order valence-electron chi connectivity index (χ4n) is 2.80. The average Bonchev–Trinajstić information content (AvgIpc) is 3.21. The van der Waals surface area contributed by atoms with Crippen LogP contribution in [-0.2, 0) is 16.2 Å². The fraction of sp³-hybridized carbons (Fsp3) is 0.200. The number of sulfonamides is 1. The predicted octanol–water partition coefficient (Wildman–Crippen LogP) is 3.83. The Hall–Kier alpha value is -3.18. The first-order valence-electron chi connectivity index (χ1n) is 9.12. The minimum atomic E-state index is -4.72. The van der Waals surface area contributed by atoms with Crippen molar-refractivity contribution >= 4 is 21.6 Å². The third-order valence-corrected chi connectivity index (χ3v) is 5.82. The molecule has 3 rings (SSSR count). The Morgan fingerprint density at radius 2 is 1.77 bits per heavy atom. The van der Waals surface area contributed by atoms with Crippen molar-refractivity contribution in [2.24, 2.45) is 0 Å². The van der Waals surface area contributed by atoms with Crippen LogP contribution in [0.2, 0.25) is 0 Å². The summed E-state index contributed by atoms with van der Waals surface area (Å²) in [4.78, 5) is 12.4. The van der Waals surface area contributed by atoms with Crippen LogP contribution in [0.25, 0.3) is 5.69 Å². The third kappa shape index (κ3) is 5.30. The Morgan fingerprint density at radius 1 is 1.10 bits per heavy atom. The van der Waals surface area contributed by atoms with E-state index in [0.717, 1.165) is 12.1 Å². The number of nitrogens with zero attached hydrogens (tertiary/aromatic N) is 2. The molecule has 1 aromatic heterocycles. The summed E-state index contributed by atoms with van der Waals surface area (Å²) in [5.74, 6) is -0.807. The van der Waals surface area contributed by atoms with Gasteiger partial charge >= 0.3 is 6.18 Å². The minimum absolute atomic E-state index is 0.00720. The van der Waals surface area contributed by atoms with Gasteiger partial charge in [0.05, 0.1) is 21.8 Å². The zero-order valence-corrected chi connectivity index (χ0v) is 17.3. The summed E-state index contributed by atoms with van der Waals surface area (Å²) >= 11 is 0. The van der Waals surface area contributed by atoms with Gasteiger partial charge < -0.3 is 5.32 Å². The van der Waals surface area contributed by atoms with Gasteiger partial charge in [0.1, 0.15) is 0 Å². The molecule has 3 aromatic rings. The highest BCUT2D eigenvalue weighted by molar-refractivity contribution is 7.89. The summed E-state index contributed by atoms with van der Waals surface area (Å²) in [5, 5.41) is 6.14. The van der Waals surface area contributed by atoms with Crippen LogP contribution in [-0.4, -0.2) is 30.1 Å². The van der Waals surface area contributed by atoms with E-state index in [-0.39, 0.29) is 22.2 Å². The number of carbonyl (C=O) groups is 1. The maximum absolute atomic E-state index is 13.6. The molecule has 0 radical (unpaired) electrons. The van der Waals surface area contributed by atoms with Crippen LogP contribution < -0.4 is 10.0 Å². The van der Waals surface area contributed by atoms with E-state index in [1.165, 1.54) is 47.4 Å². The lowest BCUT2D eigenvalue weighted by atomic mass is 10.1. The zero-order chi connectivity index (χ0) is 22.8. The van der Waals surface area contributed by atoms with Crippen molar-refractivity contribution in [2.75, 3.05) is 5.32 Å². The highest BCUT2D eigenvalue weighted by atomic mass is 32.2. The van der Waals surface area contributed by atoms with Gasteiger partial charge in [0.15, 0.2) is 0 Å². The Morgan fingerprint density at radius 3 is 2.32 bits per heavy atom. The maximum Gasteiger partial charge on any atom is 0.418 e. The molecule has 0 fully saturated rings. The van der Waals surface area contributed by atoms with Crippen LogP contribution in [0, 0.1) is 0 Å². The number of hydrogen-bond donors (Lipinski definition) is 2. The van der Waals surface area contributed by atoms with E-state index in [1.807, 2.05) is 0 Å². The highest BCUT2D eigenvalue weighted by Crippen LogP contribution is 2.36. The molecular weight excluding hydrogens is 433 g/mol. The minimum Gasteiger partial charge on any atom is -0.321 e. The second-order valence-corrected chi connectivity index (χ2v) is 8.65. The van der Waals surface area contributed by atoms with Crippen LogP contribution in [0.5, 0.6) is 0 Å². The van der Waals surface area contributed by atoms with Crippen molar-refractivity contribution in [3.8, 4) is 5.69 Å². The van der Waals surface area contributed by atoms with Crippen molar-refractivity contribution in [2.45, 2.75) is 31.0 Å². The number of carbonyl (C=O) groups excluding carboxylic acids is 1. The molecule has 0 aliphatic rings. The molecule has 0 atom stereocenters. The fourth-order valence-corrected chi connectivity index (χ4v) is 4.05. The molecule has 2 aromatic carbocycles. The number of aromatic nitrogens is 2. The van der Waals surface area contributed by atoms with Gasteiger partial charge in [0.25, 0.3) is 5.91 Å². The number of halogens is 3. The Labute approximate surface area is 176 Å². The van der Waals surface area contributed by atoms with Crippen LogP contribution in [0.1, 0.15) is 29.8 Å². The molecule has 0 aliphatic heterocycles. The van der Waals surface area contributed by atoms with E-state index in [0.29, 0.717) is 0 Å². The molecule has 164 valence electrons. The van der Waals surface area contributed by atoms with Gasteiger partial charge in [0.2, 0.25) is 10.0 Å². The molecule has 0 saturated heterocycles. The summed E-state index contributed by atoms with van der Waals surface area (Å²) in [6.45, 7) is 3.32. The number of rotatable bonds is 6. The molecule has 11 heteroatoms. The monoisotopic (exact) mass is 452 g/mol. The first kappa shape index (κ1) is 22.5. The van der Waals surface area contributed by atoms with E-state index in [4.69, 9.17) is 0 Å². The van der Waals surface area contributed by atoms with Gasteiger partial charge in [-0.3, -0.25) is 4.79 Å². The second-order valence-electron chi connectivity index (χ2n) is 6.93. The summed E-state index contributed by atoms with van der Waals surface area (Å²) in [5.41, 5.74) is -1.27. The Kier molecular flexibility index (Phi) is 6.18. The highest BCUT2D eigenvalue weighted by Gasteiger charge is 2.34. The Bertz CT molecular complexity index is 1170. The number of anilines is 1. The van der Waals surface area contributed by atoms with Gasteiger partial charge in [-0.05, 0) is 62.4 Å². The summed E-state index contributed by atoms with van der Waals surface area (Å²) < 4.78 is 68.7. The normalized spacial score (nSPS) is 12.2. The number of amides is 1.